The lowest BCUT2D eigenvalue weighted by atomic mass is 10.1. The molecule has 1 unspecified atom stereocenters. The summed E-state index contributed by atoms with van der Waals surface area (Å²) in [5.74, 6) is -0.219. The summed E-state index contributed by atoms with van der Waals surface area (Å²) in [4.78, 5) is 24.9. The van der Waals surface area contributed by atoms with E-state index in [0.717, 1.165) is 0 Å². The van der Waals surface area contributed by atoms with Gasteiger partial charge >= 0.3 is 19.7 Å². The van der Waals surface area contributed by atoms with Gasteiger partial charge in [0.25, 0.3) is 0 Å². The van der Waals surface area contributed by atoms with Crippen molar-refractivity contribution in [3.8, 4) is 29.0 Å². The van der Waals surface area contributed by atoms with Crippen LogP contribution in [-0.4, -0.2) is 87.0 Å². The highest BCUT2D eigenvalue weighted by atomic mass is 31.2. The van der Waals surface area contributed by atoms with Crippen molar-refractivity contribution in [2.75, 3.05) is 20.8 Å². The quantitative estimate of drug-likeness (QED) is 0.189. The maximum absolute atomic E-state index is 13.8. The fourth-order valence-electron chi connectivity index (χ4n) is 4.04. The lowest BCUT2D eigenvalue weighted by Gasteiger charge is -2.25. The van der Waals surface area contributed by atoms with Crippen LogP contribution in [0.2, 0.25) is 0 Å². The highest BCUT2D eigenvalue weighted by Gasteiger charge is 2.46. The van der Waals surface area contributed by atoms with Gasteiger partial charge in [0.05, 0.1) is 50.8 Å². The largest absolute Gasteiger partial charge is 0.481 e. The molecular weight excluding hydrogens is 573 g/mol. The Balaban J connectivity index is 1.52. The van der Waals surface area contributed by atoms with Gasteiger partial charge in [-0.3, -0.25) is 13.9 Å². The smallest absolute Gasteiger partial charge is 0.459 e. The van der Waals surface area contributed by atoms with Crippen molar-refractivity contribution < 1.29 is 47.6 Å². The minimum Gasteiger partial charge on any atom is -0.481 e. The summed E-state index contributed by atoms with van der Waals surface area (Å²) in [5, 5.41) is 24.3. The van der Waals surface area contributed by atoms with Gasteiger partial charge < -0.3 is 33.7 Å². The van der Waals surface area contributed by atoms with Gasteiger partial charge in [0.1, 0.15) is 30.1 Å². The fourth-order valence-corrected chi connectivity index (χ4v) is 5.54. The second-order valence-electron chi connectivity index (χ2n) is 9.55. The Morgan fingerprint density at radius 3 is 2.52 bits per heavy atom. The van der Waals surface area contributed by atoms with Gasteiger partial charge in [-0.25, -0.2) is 9.55 Å². The number of para-hydroxylation sites is 1. The van der Waals surface area contributed by atoms with E-state index in [1.165, 1.54) is 38.2 Å². The Bertz CT molecular complexity index is 1370. The molecule has 3 aromatic rings. The number of nitrogens with zero attached hydrogens (tertiary/aromatic N) is 4. The molecular formula is C26H34N5O10P. The molecule has 6 atom stereocenters. The Morgan fingerprint density at radius 1 is 1.12 bits per heavy atom. The van der Waals surface area contributed by atoms with E-state index >= 15 is 0 Å². The topological polar surface area (TPSA) is 186 Å². The average molecular weight is 608 g/mol. The summed E-state index contributed by atoms with van der Waals surface area (Å²) in [6.07, 6.45) is -2.67. The minimum atomic E-state index is -4.24. The van der Waals surface area contributed by atoms with E-state index in [-0.39, 0.29) is 17.6 Å². The number of carbonyl (C=O) groups excluding carboxylic acids is 1. The van der Waals surface area contributed by atoms with Crippen molar-refractivity contribution in [3.05, 3.63) is 48.9 Å². The first-order chi connectivity index (χ1) is 20.0. The molecule has 228 valence electrons. The number of hydrogen-bond donors (Lipinski definition) is 3. The Labute approximate surface area is 242 Å². The zero-order chi connectivity index (χ0) is 30.4. The first-order valence-corrected chi connectivity index (χ1v) is 14.6. The summed E-state index contributed by atoms with van der Waals surface area (Å²) in [5.41, 5.74) is 0.762. The normalized spacial score (nSPS) is 22.4. The molecule has 1 aliphatic heterocycles. The van der Waals surface area contributed by atoms with Gasteiger partial charge in [0, 0.05) is 6.07 Å². The van der Waals surface area contributed by atoms with E-state index in [0.29, 0.717) is 11.4 Å². The number of ether oxygens (including phenoxy) is 4. The summed E-state index contributed by atoms with van der Waals surface area (Å²) >= 11 is 0. The van der Waals surface area contributed by atoms with Crippen molar-refractivity contribution >= 4 is 13.7 Å². The number of aliphatic hydroxyl groups is 2. The molecule has 42 heavy (non-hydrogen) atoms. The predicted molar refractivity (Wildman–Crippen MR) is 147 cm³/mol. The molecule has 0 amide bonds. The third-order valence-electron chi connectivity index (χ3n) is 6.05. The van der Waals surface area contributed by atoms with Crippen LogP contribution in [0.1, 0.15) is 27.0 Å². The molecule has 0 aliphatic carbocycles. The van der Waals surface area contributed by atoms with Gasteiger partial charge in [-0.05, 0) is 32.9 Å². The third kappa shape index (κ3) is 7.43. The lowest BCUT2D eigenvalue weighted by Crippen LogP contribution is -2.38. The van der Waals surface area contributed by atoms with Gasteiger partial charge in [0.15, 0.2) is 6.23 Å². The van der Waals surface area contributed by atoms with Crippen molar-refractivity contribution in [1.82, 2.24) is 24.6 Å². The van der Waals surface area contributed by atoms with Gasteiger partial charge in [-0.15, -0.1) is 0 Å². The monoisotopic (exact) mass is 607 g/mol. The summed E-state index contributed by atoms with van der Waals surface area (Å²) < 4.78 is 48.0. The molecule has 15 nitrogen and oxygen atoms in total. The van der Waals surface area contributed by atoms with E-state index in [1.807, 2.05) is 0 Å². The molecule has 0 spiro atoms. The van der Waals surface area contributed by atoms with Crippen LogP contribution in [0, 0.1) is 0 Å². The lowest BCUT2D eigenvalue weighted by molar-refractivity contribution is -0.149. The van der Waals surface area contributed by atoms with E-state index in [9.17, 15) is 19.6 Å². The van der Waals surface area contributed by atoms with Crippen LogP contribution in [-0.2, 0) is 23.4 Å². The number of aromatic nitrogens is 4. The number of imidazole rings is 1. The molecule has 16 heteroatoms. The molecule has 2 aromatic heterocycles. The maximum Gasteiger partial charge on any atom is 0.459 e. The highest BCUT2D eigenvalue weighted by Crippen LogP contribution is 2.46. The first-order valence-electron chi connectivity index (χ1n) is 13.0. The van der Waals surface area contributed by atoms with Crippen molar-refractivity contribution in [2.24, 2.45) is 0 Å². The molecule has 1 aromatic carbocycles. The number of methoxy groups -OCH3 is 2. The Kier molecular flexibility index (Phi) is 10.1. The van der Waals surface area contributed by atoms with Gasteiger partial charge in [-0.2, -0.15) is 15.1 Å². The Morgan fingerprint density at radius 2 is 1.86 bits per heavy atom. The van der Waals surface area contributed by atoms with E-state index in [2.05, 4.69) is 20.0 Å². The van der Waals surface area contributed by atoms with Crippen LogP contribution in [0.25, 0.3) is 11.4 Å². The molecule has 1 saturated heterocycles. The SMILES string of the molecule is COc1cc(-c2cncn2[C@@H]2O[C@H](CO[P@@](=O)(N[C@@H](C)C(=O)OC(C)C)Oc3ccccc3)[C@H](O)C2O)nc(OC)n1. The van der Waals surface area contributed by atoms with Crippen LogP contribution in [0.3, 0.4) is 0 Å². The van der Waals surface area contributed by atoms with Crippen molar-refractivity contribution in [2.45, 2.75) is 57.5 Å². The zero-order valence-electron chi connectivity index (χ0n) is 23.7. The molecule has 0 saturated carbocycles. The van der Waals surface area contributed by atoms with Crippen LogP contribution in [0.15, 0.2) is 48.9 Å². The number of esters is 1. The number of hydrogen-bond acceptors (Lipinski definition) is 13. The van der Waals surface area contributed by atoms with E-state index in [4.69, 9.17) is 28.0 Å². The average Bonchev–Trinajstić information content (AvgIpc) is 3.56. The molecule has 0 bridgehead atoms. The van der Waals surface area contributed by atoms with Crippen LogP contribution in [0.4, 0.5) is 0 Å². The van der Waals surface area contributed by atoms with E-state index < -0.39 is 57.0 Å². The number of carbonyl (C=O) groups is 1. The van der Waals surface area contributed by atoms with Crippen molar-refractivity contribution in [3.63, 3.8) is 0 Å². The van der Waals surface area contributed by atoms with Crippen LogP contribution >= 0.6 is 7.75 Å². The molecule has 3 heterocycles. The Hall–Kier alpha value is -3.59. The molecule has 1 fully saturated rings. The predicted octanol–water partition coefficient (Wildman–Crippen LogP) is 2.11. The summed E-state index contributed by atoms with van der Waals surface area (Å²) in [6.45, 7) is 4.35. The van der Waals surface area contributed by atoms with Crippen molar-refractivity contribution in [1.29, 1.82) is 0 Å². The standard InChI is InChI=1S/C26H34N5O10P/c1-15(2)39-25(34)16(3)30-42(35,41-17-9-7-6-8-10-17)38-13-20-22(32)23(33)24(40-20)31-14-27-12-19(31)18-11-21(36-4)29-26(28-18)37-5/h6-12,14-16,20,22-24,32-33H,13H2,1-5H3,(H,30,35)/t16-,20+,22-,23?,24+,42-/m0/s1. The zero-order valence-corrected chi connectivity index (χ0v) is 24.6. The molecule has 3 N–H and O–H groups in total. The number of rotatable bonds is 13. The summed E-state index contributed by atoms with van der Waals surface area (Å²) in [6, 6.07) is 8.74. The molecule has 1 aliphatic rings. The highest BCUT2D eigenvalue weighted by molar-refractivity contribution is 7.52. The van der Waals surface area contributed by atoms with Gasteiger partial charge in [0.2, 0.25) is 5.88 Å². The fraction of sp³-hybridized carbons (Fsp3) is 0.462. The second kappa shape index (κ2) is 13.6. The minimum absolute atomic E-state index is 0.0458. The third-order valence-corrected chi connectivity index (χ3v) is 7.69. The molecule has 4 rings (SSSR count). The van der Waals surface area contributed by atoms with Gasteiger partial charge in [-0.1, -0.05) is 18.2 Å². The molecule has 0 radical (unpaired) electrons. The number of benzene rings is 1. The number of nitrogens with one attached hydrogen (secondary N) is 1. The van der Waals surface area contributed by atoms with Crippen LogP contribution in [0.5, 0.6) is 17.6 Å². The number of aliphatic hydroxyl groups excluding tert-OH is 2. The maximum atomic E-state index is 13.8. The van der Waals surface area contributed by atoms with Crippen LogP contribution < -0.4 is 19.1 Å². The van der Waals surface area contributed by atoms with E-state index in [1.54, 1.807) is 50.2 Å². The first kappa shape index (κ1) is 31.3. The summed E-state index contributed by atoms with van der Waals surface area (Å²) in [7, 11) is -1.39. The second-order valence-corrected chi connectivity index (χ2v) is 11.2.